The van der Waals surface area contributed by atoms with Gasteiger partial charge in [0.15, 0.2) is 5.65 Å². The van der Waals surface area contributed by atoms with Crippen molar-refractivity contribution < 1.29 is 4.39 Å². The van der Waals surface area contributed by atoms with Gasteiger partial charge >= 0.3 is 5.69 Å². The molecule has 0 atom stereocenters. The summed E-state index contributed by atoms with van der Waals surface area (Å²) >= 11 is 0. The predicted molar refractivity (Wildman–Crippen MR) is 80.5 cm³/mol. The topological polar surface area (TPSA) is 39.8 Å². The molecular formula is C15H24FN3O. The van der Waals surface area contributed by atoms with Crippen molar-refractivity contribution in [3.63, 3.8) is 0 Å². The maximum absolute atomic E-state index is 13.1. The van der Waals surface area contributed by atoms with Crippen LogP contribution in [0.5, 0.6) is 0 Å². The summed E-state index contributed by atoms with van der Waals surface area (Å²) in [5.41, 5.74) is 1.06. The van der Waals surface area contributed by atoms with E-state index < -0.39 is 5.82 Å². The van der Waals surface area contributed by atoms with Crippen LogP contribution in [-0.2, 0) is 7.05 Å². The van der Waals surface area contributed by atoms with E-state index in [1.807, 2.05) is 27.7 Å². The van der Waals surface area contributed by atoms with E-state index in [0.717, 1.165) is 25.5 Å². The number of nitrogens with zero attached hydrogens (tertiary/aromatic N) is 3. The SMILES string of the molecule is CC.CC.Cn1c(=O)n(C2CCC2)c2ncc(F)cc21. The summed E-state index contributed by atoms with van der Waals surface area (Å²) in [5, 5.41) is 0. The molecule has 0 radical (unpaired) electrons. The Hall–Kier alpha value is -1.65. The highest BCUT2D eigenvalue weighted by Crippen LogP contribution is 2.32. The fraction of sp³-hybridized carbons (Fsp3) is 0.600. The van der Waals surface area contributed by atoms with Gasteiger partial charge in [-0.05, 0) is 19.3 Å². The van der Waals surface area contributed by atoms with Gasteiger partial charge in [-0.15, -0.1) is 0 Å². The zero-order chi connectivity index (χ0) is 15.3. The summed E-state index contributed by atoms with van der Waals surface area (Å²) in [4.78, 5) is 16.0. The van der Waals surface area contributed by atoms with E-state index in [-0.39, 0.29) is 11.7 Å². The zero-order valence-electron chi connectivity index (χ0n) is 13.0. The predicted octanol–water partition coefficient (Wildman–Crippen LogP) is 3.65. The van der Waals surface area contributed by atoms with Crippen molar-refractivity contribution in [3.8, 4) is 0 Å². The normalized spacial score (nSPS) is 13.9. The van der Waals surface area contributed by atoms with E-state index in [1.165, 1.54) is 10.6 Å². The number of rotatable bonds is 1. The highest BCUT2D eigenvalue weighted by Gasteiger charge is 2.25. The van der Waals surface area contributed by atoms with Crippen molar-refractivity contribution in [1.82, 2.24) is 14.1 Å². The first-order valence-corrected chi connectivity index (χ1v) is 7.41. The second kappa shape index (κ2) is 7.22. The Balaban J connectivity index is 0.000000461. The molecule has 0 saturated heterocycles. The van der Waals surface area contributed by atoms with E-state index in [9.17, 15) is 9.18 Å². The standard InChI is InChI=1S/C11H12FN3O.2C2H6/c1-14-9-5-7(12)6-13-10(9)15(11(14)16)8-3-2-4-8;2*1-2/h5-6,8H,2-4H2,1H3;2*1-2H3. The number of pyridine rings is 1. The summed E-state index contributed by atoms with van der Waals surface area (Å²) in [6, 6.07) is 1.60. The quantitative estimate of drug-likeness (QED) is 0.800. The fourth-order valence-electron chi connectivity index (χ4n) is 2.18. The largest absolute Gasteiger partial charge is 0.330 e. The highest BCUT2D eigenvalue weighted by atomic mass is 19.1. The molecule has 1 aliphatic rings. The maximum Gasteiger partial charge on any atom is 0.330 e. The van der Waals surface area contributed by atoms with Crippen LogP contribution in [0.15, 0.2) is 17.1 Å². The molecule has 0 bridgehead atoms. The molecule has 5 heteroatoms. The van der Waals surface area contributed by atoms with Crippen molar-refractivity contribution in [3.05, 3.63) is 28.6 Å². The molecular weight excluding hydrogens is 257 g/mol. The first-order chi connectivity index (χ1) is 9.68. The lowest BCUT2D eigenvalue weighted by molar-refractivity contribution is 0.311. The van der Waals surface area contributed by atoms with Gasteiger partial charge in [0.05, 0.1) is 11.7 Å². The van der Waals surface area contributed by atoms with Crippen LogP contribution in [0.25, 0.3) is 11.2 Å². The monoisotopic (exact) mass is 281 g/mol. The lowest BCUT2D eigenvalue weighted by Gasteiger charge is -2.26. The molecule has 112 valence electrons. The molecule has 2 aromatic rings. The Morgan fingerprint density at radius 1 is 1.25 bits per heavy atom. The van der Waals surface area contributed by atoms with E-state index in [1.54, 1.807) is 11.6 Å². The molecule has 3 rings (SSSR count). The van der Waals surface area contributed by atoms with Gasteiger partial charge in [-0.3, -0.25) is 9.13 Å². The van der Waals surface area contributed by atoms with Gasteiger partial charge in [-0.1, -0.05) is 27.7 Å². The number of imidazole rings is 1. The average Bonchev–Trinajstić information content (AvgIpc) is 2.67. The molecule has 0 spiro atoms. The van der Waals surface area contributed by atoms with Crippen LogP contribution in [0.3, 0.4) is 0 Å². The van der Waals surface area contributed by atoms with Crippen LogP contribution in [-0.4, -0.2) is 14.1 Å². The van der Waals surface area contributed by atoms with Crippen LogP contribution >= 0.6 is 0 Å². The van der Waals surface area contributed by atoms with Crippen molar-refractivity contribution >= 4 is 11.2 Å². The molecule has 2 heterocycles. The third-order valence-electron chi connectivity index (χ3n) is 3.34. The highest BCUT2D eigenvalue weighted by molar-refractivity contribution is 5.71. The Bertz CT molecular complexity index is 611. The van der Waals surface area contributed by atoms with Crippen molar-refractivity contribution in [2.75, 3.05) is 0 Å². The van der Waals surface area contributed by atoms with Crippen molar-refractivity contribution in [2.45, 2.75) is 53.0 Å². The molecule has 0 aromatic carbocycles. The van der Waals surface area contributed by atoms with Crippen LogP contribution in [0.1, 0.15) is 53.0 Å². The van der Waals surface area contributed by atoms with E-state index in [4.69, 9.17) is 0 Å². The smallest absolute Gasteiger partial charge is 0.293 e. The lowest BCUT2D eigenvalue weighted by Crippen LogP contribution is -2.29. The number of aryl methyl sites for hydroxylation is 1. The summed E-state index contributed by atoms with van der Waals surface area (Å²) < 4.78 is 16.2. The average molecular weight is 281 g/mol. The van der Waals surface area contributed by atoms with Gasteiger partial charge in [0.25, 0.3) is 0 Å². The number of hydrogen-bond acceptors (Lipinski definition) is 2. The number of halogens is 1. The Labute approximate surface area is 119 Å². The summed E-state index contributed by atoms with van der Waals surface area (Å²) in [6.07, 6.45) is 4.34. The van der Waals surface area contributed by atoms with Crippen LogP contribution < -0.4 is 5.69 Å². The van der Waals surface area contributed by atoms with Gasteiger partial charge in [0, 0.05) is 19.2 Å². The Kier molecular flexibility index (Phi) is 5.92. The van der Waals surface area contributed by atoms with Crippen LogP contribution in [0.2, 0.25) is 0 Å². The molecule has 0 amide bonds. The van der Waals surface area contributed by atoms with Crippen LogP contribution in [0, 0.1) is 5.82 Å². The fourth-order valence-corrected chi connectivity index (χ4v) is 2.18. The third-order valence-corrected chi connectivity index (χ3v) is 3.34. The van der Waals surface area contributed by atoms with E-state index >= 15 is 0 Å². The lowest BCUT2D eigenvalue weighted by atomic mass is 9.93. The number of fused-ring (bicyclic) bond motifs is 1. The van der Waals surface area contributed by atoms with Crippen molar-refractivity contribution in [2.24, 2.45) is 7.05 Å². The van der Waals surface area contributed by atoms with Gasteiger partial charge in [0.1, 0.15) is 5.82 Å². The minimum atomic E-state index is -0.408. The molecule has 1 fully saturated rings. The van der Waals surface area contributed by atoms with Crippen LogP contribution in [0.4, 0.5) is 4.39 Å². The molecule has 0 aliphatic heterocycles. The summed E-state index contributed by atoms with van der Waals surface area (Å²) in [7, 11) is 1.65. The Morgan fingerprint density at radius 2 is 1.85 bits per heavy atom. The minimum absolute atomic E-state index is 0.0993. The molecule has 0 unspecified atom stereocenters. The molecule has 4 nitrogen and oxygen atoms in total. The molecule has 0 N–H and O–H groups in total. The summed E-state index contributed by atoms with van der Waals surface area (Å²) in [6.45, 7) is 8.00. The maximum atomic E-state index is 13.1. The number of aromatic nitrogens is 3. The molecule has 1 saturated carbocycles. The molecule has 2 aromatic heterocycles. The third kappa shape index (κ3) is 2.76. The minimum Gasteiger partial charge on any atom is -0.293 e. The van der Waals surface area contributed by atoms with Gasteiger partial charge < -0.3 is 0 Å². The first-order valence-electron chi connectivity index (χ1n) is 7.41. The second-order valence-electron chi connectivity index (χ2n) is 4.29. The van der Waals surface area contributed by atoms with Gasteiger partial charge in [0.2, 0.25) is 0 Å². The van der Waals surface area contributed by atoms with Gasteiger partial charge in [-0.25, -0.2) is 14.2 Å². The van der Waals surface area contributed by atoms with E-state index in [2.05, 4.69) is 4.98 Å². The molecule has 1 aliphatic carbocycles. The zero-order valence-corrected chi connectivity index (χ0v) is 13.0. The second-order valence-corrected chi connectivity index (χ2v) is 4.29. The van der Waals surface area contributed by atoms with Crippen molar-refractivity contribution in [1.29, 1.82) is 0 Å². The van der Waals surface area contributed by atoms with E-state index in [0.29, 0.717) is 11.2 Å². The van der Waals surface area contributed by atoms with Gasteiger partial charge in [-0.2, -0.15) is 0 Å². The summed E-state index contributed by atoms with van der Waals surface area (Å²) in [5.74, 6) is -0.408. The number of hydrogen-bond donors (Lipinski definition) is 0. The molecule has 20 heavy (non-hydrogen) atoms. The Morgan fingerprint density at radius 3 is 2.35 bits per heavy atom. The first kappa shape index (κ1) is 16.4.